The third-order valence-corrected chi connectivity index (χ3v) is 2.95. The van der Waals surface area contributed by atoms with Gasteiger partial charge in [0.1, 0.15) is 6.04 Å². The first-order chi connectivity index (χ1) is 8.13. The van der Waals surface area contributed by atoms with Crippen molar-refractivity contribution in [3.63, 3.8) is 0 Å². The normalized spacial score (nSPS) is 11.9. The number of hydrogen-bond acceptors (Lipinski definition) is 3. The number of carbonyl (C=O) groups excluding carboxylic acids is 1. The van der Waals surface area contributed by atoms with Gasteiger partial charge >= 0.3 is 0 Å². The van der Waals surface area contributed by atoms with Crippen molar-refractivity contribution in [3.05, 3.63) is 27.8 Å². The molecule has 0 saturated heterocycles. The molecule has 0 spiro atoms. The number of nitrogens with one attached hydrogen (secondary N) is 2. The Bertz CT molecular complexity index is 354. The lowest BCUT2D eigenvalue weighted by atomic mass is 10.2. The topological polar surface area (TPSA) is 50.4 Å². The minimum atomic E-state index is -0.257. The quantitative estimate of drug-likeness (QED) is 0.610. The molecule has 0 heterocycles. The molecule has 1 amide bonds. The van der Waals surface area contributed by atoms with Crippen LogP contribution in [0.3, 0.4) is 0 Å². The first-order valence-corrected chi connectivity index (χ1v) is 6.50. The van der Waals surface area contributed by atoms with Gasteiger partial charge in [0.15, 0.2) is 0 Å². The Morgan fingerprint density at radius 3 is 2.65 bits per heavy atom. The molecule has 0 aliphatic rings. The van der Waals surface area contributed by atoms with Gasteiger partial charge in [-0.2, -0.15) is 0 Å². The number of benzene rings is 1. The minimum absolute atomic E-state index is 0.0272. The maximum Gasteiger partial charge on any atom is 0.242 e. The van der Waals surface area contributed by atoms with Gasteiger partial charge in [-0.25, -0.2) is 0 Å². The Labute approximate surface area is 115 Å². The van der Waals surface area contributed by atoms with E-state index in [2.05, 4.69) is 33.2 Å². The molecule has 94 valence electrons. The standard InChI is InChI=1S/C12H17IN2O2/c1-9(12(16)14-7-8-17-2)15-11-5-3-10(13)4-6-11/h3-6,9,15H,7-8H2,1-2H3,(H,14,16). The van der Waals surface area contributed by atoms with Crippen LogP contribution in [-0.2, 0) is 9.53 Å². The van der Waals surface area contributed by atoms with E-state index in [0.717, 1.165) is 5.69 Å². The SMILES string of the molecule is COCCNC(=O)C(C)Nc1ccc(I)cc1. The van der Waals surface area contributed by atoms with Crippen LogP contribution in [0.4, 0.5) is 5.69 Å². The smallest absolute Gasteiger partial charge is 0.242 e. The van der Waals surface area contributed by atoms with Crippen LogP contribution in [0, 0.1) is 3.57 Å². The zero-order chi connectivity index (χ0) is 12.7. The second-order valence-electron chi connectivity index (χ2n) is 3.66. The van der Waals surface area contributed by atoms with Crippen LogP contribution in [0.1, 0.15) is 6.92 Å². The van der Waals surface area contributed by atoms with E-state index < -0.39 is 0 Å². The van der Waals surface area contributed by atoms with Crippen molar-refractivity contribution in [2.45, 2.75) is 13.0 Å². The Balaban J connectivity index is 2.40. The molecular formula is C12H17IN2O2. The van der Waals surface area contributed by atoms with E-state index in [1.54, 1.807) is 7.11 Å². The summed E-state index contributed by atoms with van der Waals surface area (Å²) in [6.45, 7) is 2.90. The number of methoxy groups -OCH3 is 1. The molecular weight excluding hydrogens is 331 g/mol. The molecule has 0 bridgehead atoms. The van der Waals surface area contributed by atoms with Crippen LogP contribution in [0.15, 0.2) is 24.3 Å². The van der Waals surface area contributed by atoms with E-state index in [1.807, 2.05) is 31.2 Å². The van der Waals surface area contributed by atoms with Gasteiger partial charge in [0.05, 0.1) is 6.61 Å². The summed E-state index contributed by atoms with van der Waals surface area (Å²) in [6, 6.07) is 7.66. The molecule has 0 aromatic heterocycles. The fraction of sp³-hybridized carbons (Fsp3) is 0.417. The zero-order valence-electron chi connectivity index (χ0n) is 10.00. The van der Waals surface area contributed by atoms with E-state index >= 15 is 0 Å². The predicted octanol–water partition coefficient (Wildman–Crippen LogP) is 1.85. The molecule has 0 aliphatic carbocycles. The van der Waals surface area contributed by atoms with Gasteiger partial charge in [0.2, 0.25) is 5.91 Å². The van der Waals surface area contributed by atoms with E-state index in [1.165, 1.54) is 3.57 Å². The number of anilines is 1. The number of carbonyl (C=O) groups is 1. The van der Waals surface area contributed by atoms with Crippen LogP contribution in [-0.4, -0.2) is 32.2 Å². The fourth-order valence-electron chi connectivity index (χ4n) is 1.29. The van der Waals surface area contributed by atoms with Crippen LogP contribution >= 0.6 is 22.6 Å². The van der Waals surface area contributed by atoms with E-state index in [-0.39, 0.29) is 11.9 Å². The summed E-state index contributed by atoms with van der Waals surface area (Å²) in [4.78, 5) is 11.7. The number of hydrogen-bond donors (Lipinski definition) is 2. The first-order valence-electron chi connectivity index (χ1n) is 5.42. The van der Waals surface area contributed by atoms with E-state index in [4.69, 9.17) is 4.74 Å². The molecule has 1 atom stereocenters. The van der Waals surface area contributed by atoms with Crippen molar-refractivity contribution in [3.8, 4) is 0 Å². The van der Waals surface area contributed by atoms with Gasteiger partial charge in [0, 0.05) is 22.9 Å². The minimum Gasteiger partial charge on any atom is -0.383 e. The summed E-state index contributed by atoms with van der Waals surface area (Å²) in [5, 5.41) is 5.93. The van der Waals surface area contributed by atoms with Crippen molar-refractivity contribution >= 4 is 34.2 Å². The summed E-state index contributed by atoms with van der Waals surface area (Å²) in [6.07, 6.45) is 0. The number of rotatable bonds is 6. The van der Waals surface area contributed by atoms with E-state index in [9.17, 15) is 4.79 Å². The highest BCUT2D eigenvalue weighted by molar-refractivity contribution is 14.1. The highest BCUT2D eigenvalue weighted by Crippen LogP contribution is 2.12. The van der Waals surface area contributed by atoms with Gasteiger partial charge < -0.3 is 15.4 Å². The van der Waals surface area contributed by atoms with Crippen LogP contribution < -0.4 is 10.6 Å². The summed E-state index contributed by atoms with van der Waals surface area (Å²) >= 11 is 2.25. The van der Waals surface area contributed by atoms with Crippen molar-refractivity contribution in [2.75, 3.05) is 25.6 Å². The molecule has 0 radical (unpaired) electrons. The molecule has 2 N–H and O–H groups in total. The summed E-state index contributed by atoms with van der Waals surface area (Å²) in [5.41, 5.74) is 0.944. The Kier molecular flexibility index (Phi) is 6.28. The molecule has 1 aromatic rings. The van der Waals surface area contributed by atoms with Crippen LogP contribution in [0.5, 0.6) is 0 Å². The lowest BCUT2D eigenvalue weighted by Crippen LogP contribution is -2.39. The summed E-state index contributed by atoms with van der Waals surface area (Å²) in [5.74, 6) is -0.0272. The third kappa shape index (κ3) is 5.36. The molecule has 0 saturated carbocycles. The second kappa shape index (κ2) is 7.50. The van der Waals surface area contributed by atoms with E-state index in [0.29, 0.717) is 13.2 Å². The van der Waals surface area contributed by atoms with Crippen molar-refractivity contribution < 1.29 is 9.53 Å². The number of amides is 1. The van der Waals surface area contributed by atoms with Crippen molar-refractivity contribution in [2.24, 2.45) is 0 Å². The molecule has 1 aromatic carbocycles. The average Bonchev–Trinajstić information content (AvgIpc) is 2.32. The molecule has 17 heavy (non-hydrogen) atoms. The van der Waals surface area contributed by atoms with Crippen LogP contribution in [0.25, 0.3) is 0 Å². The third-order valence-electron chi connectivity index (χ3n) is 2.23. The highest BCUT2D eigenvalue weighted by atomic mass is 127. The lowest BCUT2D eigenvalue weighted by molar-refractivity contribution is -0.121. The first kappa shape index (κ1) is 14.2. The monoisotopic (exact) mass is 348 g/mol. The fourth-order valence-corrected chi connectivity index (χ4v) is 1.65. The number of ether oxygens (including phenoxy) is 1. The number of halogens is 1. The summed E-state index contributed by atoms with van der Waals surface area (Å²) in [7, 11) is 1.61. The van der Waals surface area contributed by atoms with Gasteiger partial charge in [-0.3, -0.25) is 4.79 Å². The molecule has 0 fully saturated rings. The van der Waals surface area contributed by atoms with Crippen molar-refractivity contribution in [1.29, 1.82) is 0 Å². The average molecular weight is 348 g/mol. The highest BCUT2D eigenvalue weighted by Gasteiger charge is 2.11. The Morgan fingerprint density at radius 2 is 2.06 bits per heavy atom. The zero-order valence-corrected chi connectivity index (χ0v) is 12.2. The molecule has 4 nitrogen and oxygen atoms in total. The molecule has 0 aliphatic heterocycles. The predicted molar refractivity (Wildman–Crippen MR) is 77.1 cm³/mol. The largest absolute Gasteiger partial charge is 0.383 e. The maximum atomic E-state index is 11.7. The second-order valence-corrected chi connectivity index (χ2v) is 4.90. The van der Waals surface area contributed by atoms with Gasteiger partial charge in [-0.05, 0) is 53.8 Å². The van der Waals surface area contributed by atoms with Gasteiger partial charge in [0.25, 0.3) is 0 Å². The molecule has 1 unspecified atom stereocenters. The Hall–Kier alpha value is -0.820. The Morgan fingerprint density at radius 1 is 1.41 bits per heavy atom. The maximum absolute atomic E-state index is 11.7. The van der Waals surface area contributed by atoms with Gasteiger partial charge in [-0.1, -0.05) is 0 Å². The summed E-state index contributed by atoms with van der Waals surface area (Å²) < 4.78 is 6.04. The molecule has 1 rings (SSSR count). The van der Waals surface area contributed by atoms with Gasteiger partial charge in [-0.15, -0.1) is 0 Å². The molecule has 5 heteroatoms. The van der Waals surface area contributed by atoms with Crippen LogP contribution in [0.2, 0.25) is 0 Å². The lowest BCUT2D eigenvalue weighted by Gasteiger charge is -2.15. The van der Waals surface area contributed by atoms with Crippen molar-refractivity contribution in [1.82, 2.24) is 5.32 Å².